The van der Waals surface area contributed by atoms with Crippen LogP contribution >= 0.6 is 11.3 Å². The molecule has 0 aliphatic carbocycles. The fourth-order valence-electron chi connectivity index (χ4n) is 2.28. The van der Waals surface area contributed by atoms with E-state index in [1.807, 2.05) is 33.2 Å². The Morgan fingerprint density at radius 2 is 1.91 bits per heavy atom. The molecule has 2 heterocycles. The number of thiazole rings is 1. The van der Waals surface area contributed by atoms with Gasteiger partial charge in [0.05, 0.1) is 25.9 Å². The number of guanidine groups is 1. The second-order valence-corrected chi connectivity index (χ2v) is 6.51. The lowest BCUT2D eigenvalue weighted by atomic mass is 10.1. The van der Waals surface area contributed by atoms with Crippen LogP contribution < -0.4 is 15.4 Å². The van der Waals surface area contributed by atoms with Crippen molar-refractivity contribution < 1.29 is 4.74 Å². The summed E-state index contributed by atoms with van der Waals surface area (Å²) in [4.78, 5) is 14.2. The summed E-state index contributed by atoms with van der Waals surface area (Å²) in [6, 6.07) is 0. The second kappa shape index (κ2) is 7.92. The van der Waals surface area contributed by atoms with Gasteiger partial charge in [-0.05, 0) is 20.8 Å². The molecule has 124 valence electrons. The fraction of sp³-hybridized carbons (Fsp3) is 0.438. The quantitative estimate of drug-likeness (QED) is 0.649. The van der Waals surface area contributed by atoms with Gasteiger partial charge < -0.3 is 15.4 Å². The number of nitrogens with zero attached hydrogens (tertiary/aromatic N) is 3. The van der Waals surface area contributed by atoms with E-state index in [4.69, 9.17) is 4.74 Å². The zero-order valence-corrected chi connectivity index (χ0v) is 15.0. The topological polar surface area (TPSA) is 71.4 Å². The van der Waals surface area contributed by atoms with Gasteiger partial charge in [0.1, 0.15) is 10.8 Å². The number of methoxy groups -OCH3 is 1. The van der Waals surface area contributed by atoms with Crippen LogP contribution in [0.4, 0.5) is 0 Å². The van der Waals surface area contributed by atoms with E-state index in [1.54, 1.807) is 25.5 Å². The largest absolute Gasteiger partial charge is 0.496 e. The fourth-order valence-corrected chi connectivity index (χ4v) is 3.01. The number of nitrogens with one attached hydrogen (secondary N) is 2. The van der Waals surface area contributed by atoms with E-state index in [9.17, 15) is 0 Å². The standard InChI is InChI=1S/C16H23N5OS/c1-10-6-18-13(12(3)15(10)22-5)8-20-16(17-4)21-9-14-19-7-11(2)23-14/h6-7H,8-9H2,1-5H3,(H2,17,20,21). The predicted molar refractivity (Wildman–Crippen MR) is 94.2 cm³/mol. The molecule has 7 heteroatoms. The van der Waals surface area contributed by atoms with Gasteiger partial charge in [-0.25, -0.2) is 4.98 Å². The molecule has 0 aliphatic heterocycles. The maximum atomic E-state index is 5.44. The summed E-state index contributed by atoms with van der Waals surface area (Å²) in [5.41, 5.74) is 3.03. The van der Waals surface area contributed by atoms with Gasteiger partial charge in [0, 0.05) is 35.4 Å². The first kappa shape index (κ1) is 17.2. The van der Waals surface area contributed by atoms with Crippen LogP contribution in [0.25, 0.3) is 0 Å². The van der Waals surface area contributed by atoms with Gasteiger partial charge in [0.25, 0.3) is 0 Å². The maximum absolute atomic E-state index is 5.44. The molecule has 0 unspecified atom stereocenters. The number of aromatic nitrogens is 2. The minimum Gasteiger partial charge on any atom is -0.496 e. The SMILES string of the molecule is CN=C(NCc1ncc(C)s1)NCc1ncc(C)c(OC)c1C. The Balaban J connectivity index is 1.96. The van der Waals surface area contributed by atoms with E-state index in [1.165, 1.54) is 4.88 Å². The molecular formula is C16H23N5OS. The molecule has 0 saturated heterocycles. The molecule has 0 aromatic carbocycles. The van der Waals surface area contributed by atoms with Gasteiger partial charge in [0.2, 0.25) is 0 Å². The summed E-state index contributed by atoms with van der Waals surface area (Å²) in [5.74, 6) is 1.61. The third kappa shape index (κ3) is 4.41. The first-order chi connectivity index (χ1) is 11.0. The van der Waals surface area contributed by atoms with Crippen LogP contribution in [0.1, 0.15) is 26.7 Å². The van der Waals surface area contributed by atoms with E-state index in [0.29, 0.717) is 13.1 Å². The Morgan fingerprint density at radius 3 is 2.52 bits per heavy atom. The molecule has 0 saturated carbocycles. The van der Waals surface area contributed by atoms with Crippen LogP contribution in [0, 0.1) is 20.8 Å². The van der Waals surface area contributed by atoms with Crippen LogP contribution in [-0.4, -0.2) is 30.1 Å². The molecule has 0 atom stereocenters. The van der Waals surface area contributed by atoms with Gasteiger partial charge in [-0.1, -0.05) is 0 Å². The molecule has 0 fully saturated rings. The van der Waals surface area contributed by atoms with Crippen molar-refractivity contribution in [2.45, 2.75) is 33.9 Å². The van der Waals surface area contributed by atoms with Crippen molar-refractivity contribution in [1.82, 2.24) is 20.6 Å². The molecule has 2 rings (SSSR count). The first-order valence-corrected chi connectivity index (χ1v) is 8.21. The number of hydrogen-bond donors (Lipinski definition) is 2. The van der Waals surface area contributed by atoms with Crippen molar-refractivity contribution in [3.8, 4) is 5.75 Å². The maximum Gasteiger partial charge on any atom is 0.191 e. The number of hydrogen-bond acceptors (Lipinski definition) is 5. The zero-order chi connectivity index (χ0) is 16.8. The minimum absolute atomic E-state index is 0.582. The van der Waals surface area contributed by atoms with Gasteiger partial charge in [-0.3, -0.25) is 9.98 Å². The number of rotatable bonds is 5. The van der Waals surface area contributed by atoms with Crippen LogP contribution in [0.3, 0.4) is 0 Å². The van der Waals surface area contributed by atoms with Crippen LogP contribution in [0.15, 0.2) is 17.4 Å². The Hall–Kier alpha value is -2.15. The third-order valence-electron chi connectivity index (χ3n) is 3.47. The minimum atomic E-state index is 0.582. The van der Waals surface area contributed by atoms with Gasteiger partial charge >= 0.3 is 0 Å². The Kier molecular flexibility index (Phi) is 5.92. The molecule has 6 nitrogen and oxygen atoms in total. The van der Waals surface area contributed by atoms with Crippen molar-refractivity contribution in [3.05, 3.63) is 39.1 Å². The smallest absolute Gasteiger partial charge is 0.191 e. The highest BCUT2D eigenvalue weighted by atomic mass is 32.1. The highest BCUT2D eigenvalue weighted by molar-refractivity contribution is 7.11. The van der Waals surface area contributed by atoms with Crippen LogP contribution in [-0.2, 0) is 13.1 Å². The molecule has 0 spiro atoms. The van der Waals surface area contributed by atoms with Crippen molar-refractivity contribution in [1.29, 1.82) is 0 Å². The number of aryl methyl sites for hydroxylation is 2. The molecule has 2 aromatic rings. The first-order valence-electron chi connectivity index (χ1n) is 7.40. The second-order valence-electron chi connectivity index (χ2n) is 5.19. The summed E-state index contributed by atoms with van der Waals surface area (Å²) in [7, 11) is 3.43. The number of aliphatic imine (C=N–C) groups is 1. The number of pyridine rings is 1. The normalized spacial score (nSPS) is 11.4. The van der Waals surface area contributed by atoms with E-state index in [2.05, 4.69) is 25.6 Å². The molecule has 2 aromatic heterocycles. The van der Waals surface area contributed by atoms with Crippen LogP contribution in [0.5, 0.6) is 5.75 Å². The third-order valence-corrected chi connectivity index (χ3v) is 4.39. The molecular weight excluding hydrogens is 310 g/mol. The Bertz CT molecular complexity index is 696. The van der Waals surface area contributed by atoms with E-state index < -0.39 is 0 Å². The van der Waals surface area contributed by atoms with Gasteiger partial charge in [-0.15, -0.1) is 11.3 Å². The predicted octanol–water partition coefficient (Wildman–Crippen LogP) is 2.34. The van der Waals surface area contributed by atoms with Gasteiger partial charge in [0.15, 0.2) is 5.96 Å². The molecule has 0 radical (unpaired) electrons. The summed E-state index contributed by atoms with van der Waals surface area (Å²) in [6.07, 6.45) is 3.71. The van der Waals surface area contributed by atoms with Crippen LogP contribution in [0.2, 0.25) is 0 Å². The molecule has 23 heavy (non-hydrogen) atoms. The Morgan fingerprint density at radius 1 is 1.17 bits per heavy atom. The summed E-state index contributed by atoms with van der Waals surface area (Å²) >= 11 is 1.68. The molecule has 0 amide bonds. The van der Waals surface area contributed by atoms with Crippen molar-refractivity contribution in [3.63, 3.8) is 0 Å². The van der Waals surface area contributed by atoms with Crippen molar-refractivity contribution >= 4 is 17.3 Å². The zero-order valence-electron chi connectivity index (χ0n) is 14.2. The summed E-state index contributed by atoms with van der Waals surface area (Å²) in [6.45, 7) is 7.30. The van der Waals surface area contributed by atoms with E-state index in [-0.39, 0.29) is 0 Å². The average molecular weight is 333 g/mol. The van der Waals surface area contributed by atoms with Crippen molar-refractivity contribution in [2.75, 3.05) is 14.2 Å². The lowest BCUT2D eigenvalue weighted by Gasteiger charge is -2.14. The van der Waals surface area contributed by atoms with E-state index >= 15 is 0 Å². The molecule has 0 bridgehead atoms. The summed E-state index contributed by atoms with van der Waals surface area (Å²) in [5, 5.41) is 7.57. The Labute approximate surface area is 141 Å². The summed E-state index contributed by atoms with van der Waals surface area (Å²) < 4.78 is 5.44. The highest BCUT2D eigenvalue weighted by Crippen LogP contribution is 2.23. The molecule has 0 aliphatic rings. The monoisotopic (exact) mass is 333 g/mol. The van der Waals surface area contributed by atoms with E-state index in [0.717, 1.165) is 33.5 Å². The molecule has 2 N–H and O–H groups in total. The average Bonchev–Trinajstić information content (AvgIpc) is 2.95. The number of ether oxygens (including phenoxy) is 1. The lowest BCUT2D eigenvalue weighted by molar-refractivity contribution is 0.406. The highest BCUT2D eigenvalue weighted by Gasteiger charge is 2.10. The van der Waals surface area contributed by atoms with Gasteiger partial charge in [-0.2, -0.15) is 0 Å². The lowest BCUT2D eigenvalue weighted by Crippen LogP contribution is -2.36. The van der Waals surface area contributed by atoms with Crippen molar-refractivity contribution in [2.24, 2.45) is 4.99 Å².